The van der Waals surface area contributed by atoms with Crippen LogP contribution in [0.1, 0.15) is 11.4 Å². The Hall–Kier alpha value is -2.26. The maximum Gasteiger partial charge on any atom is 0.233 e. The van der Waals surface area contributed by atoms with Crippen LogP contribution in [0.15, 0.2) is 24.7 Å². The van der Waals surface area contributed by atoms with E-state index in [0.29, 0.717) is 17.9 Å². The van der Waals surface area contributed by atoms with Gasteiger partial charge in [-0.25, -0.2) is 18.4 Å². The Balaban J connectivity index is 2.10. The van der Waals surface area contributed by atoms with E-state index in [-0.39, 0.29) is 11.1 Å². The number of halogens is 1. The van der Waals surface area contributed by atoms with E-state index in [2.05, 4.69) is 19.9 Å². The van der Waals surface area contributed by atoms with Crippen molar-refractivity contribution in [1.29, 1.82) is 0 Å². The summed E-state index contributed by atoms with van der Waals surface area (Å²) in [6.45, 7) is 2.23. The summed E-state index contributed by atoms with van der Waals surface area (Å²) in [6, 6.07) is 1.93. The van der Waals surface area contributed by atoms with Gasteiger partial charge in [0.2, 0.25) is 15.3 Å². The fraction of sp³-hybridized carbons (Fsp3) is 0.286. The summed E-state index contributed by atoms with van der Waals surface area (Å²) in [4.78, 5) is 16.7. The molecular formula is C14H15ClN6O2S. The molecule has 3 aromatic heterocycles. The Morgan fingerprint density at radius 3 is 2.67 bits per heavy atom. The average Bonchev–Trinajstić information content (AvgIpc) is 2.82. The monoisotopic (exact) mass is 366 g/mol. The number of fused-ring (bicyclic) bond motifs is 1. The van der Waals surface area contributed by atoms with Gasteiger partial charge in [0, 0.05) is 36.7 Å². The highest BCUT2D eigenvalue weighted by Crippen LogP contribution is 2.23. The zero-order valence-electron chi connectivity index (χ0n) is 13.3. The van der Waals surface area contributed by atoms with Gasteiger partial charge in [-0.2, -0.15) is 4.98 Å². The standard InChI is InChI=1S/C14H15ClN6O2S/c1-9-6-10-7-18-14(15)19-12(10)21(9)8-11-13(17-5-4-16-11)20(2)24(3,22)23/h4-7H,8H2,1-3H3. The number of nitrogens with zero attached hydrogens (tertiary/aromatic N) is 6. The van der Waals surface area contributed by atoms with Crippen molar-refractivity contribution in [2.75, 3.05) is 17.6 Å². The lowest BCUT2D eigenvalue weighted by Gasteiger charge is -2.18. The summed E-state index contributed by atoms with van der Waals surface area (Å²) >= 11 is 5.89. The summed E-state index contributed by atoms with van der Waals surface area (Å²) in [6.07, 6.45) is 5.75. The lowest BCUT2D eigenvalue weighted by atomic mass is 10.3. The predicted octanol–water partition coefficient (Wildman–Crippen LogP) is 1.63. The second-order valence-corrected chi connectivity index (χ2v) is 7.70. The quantitative estimate of drug-likeness (QED) is 0.651. The minimum atomic E-state index is -3.44. The number of hydrogen-bond donors (Lipinski definition) is 0. The number of aryl methyl sites for hydroxylation is 1. The van der Waals surface area contributed by atoms with E-state index in [1.165, 1.54) is 19.4 Å². The number of rotatable bonds is 4. The van der Waals surface area contributed by atoms with E-state index in [4.69, 9.17) is 11.6 Å². The van der Waals surface area contributed by atoms with Crippen LogP contribution in [0.5, 0.6) is 0 Å². The number of aromatic nitrogens is 5. The van der Waals surface area contributed by atoms with Crippen LogP contribution in [0.4, 0.5) is 5.82 Å². The van der Waals surface area contributed by atoms with Crippen LogP contribution in [0.2, 0.25) is 5.28 Å². The first-order valence-corrected chi connectivity index (χ1v) is 9.22. The molecule has 0 saturated heterocycles. The lowest BCUT2D eigenvalue weighted by Crippen LogP contribution is -2.27. The maximum atomic E-state index is 11.8. The Morgan fingerprint density at radius 2 is 1.96 bits per heavy atom. The molecule has 0 radical (unpaired) electrons. The molecule has 0 aliphatic heterocycles. The molecule has 0 atom stereocenters. The lowest BCUT2D eigenvalue weighted by molar-refractivity contribution is 0.599. The van der Waals surface area contributed by atoms with Crippen LogP contribution < -0.4 is 4.31 Å². The molecule has 126 valence electrons. The fourth-order valence-corrected chi connectivity index (χ4v) is 2.99. The van der Waals surface area contributed by atoms with Gasteiger partial charge in [0.15, 0.2) is 5.82 Å². The van der Waals surface area contributed by atoms with Crippen LogP contribution in [0.3, 0.4) is 0 Å². The minimum absolute atomic E-state index is 0.148. The van der Waals surface area contributed by atoms with Gasteiger partial charge in [0.1, 0.15) is 11.3 Å². The highest BCUT2D eigenvalue weighted by Gasteiger charge is 2.19. The van der Waals surface area contributed by atoms with Gasteiger partial charge in [-0.1, -0.05) is 0 Å². The number of hydrogen-bond acceptors (Lipinski definition) is 6. The molecule has 3 heterocycles. The molecule has 10 heteroatoms. The first-order valence-electron chi connectivity index (χ1n) is 6.99. The molecule has 0 spiro atoms. The van der Waals surface area contributed by atoms with E-state index in [1.54, 1.807) is 6.20 Å². The van der Waals surface area contributed by atoms with Crippen molar-refractivity contribution in [2.24, 2.45) is 0 Å². The van der Waals surface area contributed by atoms with Gasteiger partial charge in [-0.05, 0) is 24.6 Å². The van der Waals surface area contributed by atoms with Crippen molar-refractivity contribution in [1.82, 2.24) is 24.5 Å². The summed E-state index contributed by atoms with van der Waals surface area (Å²) in [7, 11) is -1.99. The van der Waals surface area contributed by atoms with E-state index >= 15 is 0 Å². The molecule has 0 N–H and O–H groups in total. The van der Waals surface area contributed by atoms with Crippen molar-refractivity contribution in [3.63, 3.8) is 0 Å². The largest absolute Gasteiger partial charge is 0.324 e. The molecule has 0 saturated carbocycles. The molecule has 0 aliphatic rings. The van der Waals surface area contributed by atoms with Crippen LogP contribution in [0, 0.1) is 6.92 Å². The second-order valence-electron chi connectivity index (χ2n) is 5.35. The molecule has 8 nitrogen and oxygen atoms in total. The Morgan fingerprint density at radius 1 is 1.25 bits per heavy atom. The van der Waals surface area contributed by atoms with Gasteiger partial charge in [0.05, 0.1) is 12.8 Å². The van der Waals surface area contributed by atoms with Gasteiger partial charge >= 0.3 is 0 Å². The highest BCUT2D eigenvalue weighted by atomic mass is 35.5. The van der Waals surface area contributed by atoms with Gasteiger partial charge in [-0.15, -0.1) is 0 Å². The molecule has 0 amide bonds. The number of anilines is 1. The third-order valence-corrected chi connectivity index (χ3v) is 5.02. The Bertz CT molecular complexity index is 1020. The Labute approximate surface area is 144 Å². The van der Waals surface area contributed by atoms with Crippen molar-refractivity contribution in [3.8, 4) is 0 Å². The predicted molar refractivity (Wildman–Crippen MR) is 91.7 cm³/mol. The van der Waals surface area contributed by atoms with Gasteiger partial charge < -0.3 is 4.57 Å². The summed E-state index contributed by atoms with van der Waals surface area (Å²) in [5.74, 6) is 0.279. The van der Waals surface area contributed by atoms with Gasteiger partial charge in [0.25, 0.3) is 0 Å². The average molecular weight is 367 g/mol. The second kappa shape index (κ2) is 5.99. The third kappa shape index (κ3) is 3.04. The summed E-state index contributed by atoms with van der Waals surface area (Å²) in [5.41, 5.74) is 2.10. The SMILES string of the molecule is Cc1cc2cnc(Cl)nc2n1Cc1nccnc1N(C)S(C)(=O)=O. The van der Waals surface area contributed by atoms with Crippen LogP contribution in [-0.2, 0) is 16.6 Å². The molecular weight excluding hydrogens is 352 g/mol. The minimum Gasteiger partial charge on any atom is -0.324 e. The maximum absolute atomic E-state index is 11.8. The van der Waals surface area contributed by atoms with E-state index < -0.39 is 10.0 Å². The van der Waals surface area contributed by atoms with Crippen molar-refractivity contribution < 1.29 is 8.42 Å². The molecule has 3 aromatic rings. The van der Waals surface area contributed by atoms with E-state index in [0.717, 1.165) is 21.6 Å². The molecule has 0 bridgehead atoms. The topological polar surface area (TPSA) is 93.9 Å². The van der Waals surface area contributed by atoms with Gasteiger partial charge in [-0.3, -0.25) is 9.29 Å². The van der Waals surface area contributed by atoms with E-state index in [1.807, 2.05) is 17.6 Å². The van der Waals surface area contributed by atoms with Crippen LogP contribution in [0.25, 0.3) is 11.0 Å². The smallest absolute Gasteiger partial charge is 0.233 e. The highest BCUT2D eigenvalue weighted by molar-refractivity contribution is 7.92. The first kappa shape index (κ1) is 16.6. The molecule has 0 unspecified atom stereocenters. The number of sulfonamides is 1. The van der Waals surface area contributed by atoms with Crippen molar-refractivity contribution in [3.05, 3.63) is 41.3 Å². The van der Waals surface area contributed by atoms with Crippen molar-refractivity contribution in [2.45, 2.75) is 13.5 Å². The third-order valence-electron chi connectivity index (χ3n) is 3.67. The fourth-order valence-electron chi connectivity index (χ4n) is 2.39. The molecule has 0 aliphatic carbocycles. The van der Waals surface area contributed by atoms with E-state index in [9.17, 15) is 8.42 Å². The summed E-state index contributed by atoms with van der Waals surface area (Å²) < 4.78 is 26.7. The molecule has 0 aromatic carbocycles. The first-order chi connectivity index (χ1) is 11.3. The molecule has 0 fully saturated rings. The zero-order chi connectivity index (χ0) is 17.5. The zero-order valence-corrected chi connectivity index (χ0v) is 14.9. The molecule has 3 rings (SSSR count). The Kier molecular flexibility index (Phi) is 4.14. The van der Waals surface area contributed by atoms with Crippen molar-refractivity contribution >= 4 is 38.5 Å². The van der Waals surface area contributed by atoms with Crippen LogP contribution >= 0.6 is 11.6 Å². The van der Waals surface area contributed by atoms with Crippen LogP contribution in [-0.4, -0.2) is 46.2 Å². The normalized spacial score (nSPS) is 11.8. The summed E-state index contributed by atoms with van der Waals surface area (Å²) in [5, 5.41) is 0.994. The molecule has 24 heavy (non-hydrogen) atoms.